The van der Waals surface area contributed by atoms with Gasteiger partial charge in [0.25, 0.3) is 0 Å². The Morgan fingerprint density at radius 2 is 1.65 bits per heavy atom. The van der Waals surface area contributed by atoms with Crippen LogP contribution in [0, 0.1) is 17.8 Å². The summed E-state index contributed by atoms with van der Waals surface area (Å²) < 4.78 is 25.5. The molecule has 4 atom stereocenters. The molecular weight excluding hydrogens is 272 g/mol. The molecule has 1 N–H and O–H groups in total. The molecule has 0 spiro atoms. The maximum Gasteiger partial charge on any atom is 0.202 e. The zero-order valence-electron chi connectivity index (χ0n) is 12.2. The van der Waals surface area contributed by atoms with Crippen LogP contribution in [0.2, 0.25) is 0 Å². The van der Waals surface area contributed by atoms with Crippen LogP contribution in [0.5, 0.6) is 0 Å². The van der Waals surface area contributed by atoms with E-state index in [2.05, 4.69) is 0 Å². The average Bonchev–Trinajstić information content (AvgIpc) is 2.54. The Morgan fingerprint density at radius 3 is 2.25 bits per heavy atom. The van der Waals surface area contributed by atoms with Crippen LogP contribution in [-0.2, 0) is 9.84 Å². The molecule has 0 heterocycles. The summed E-state index contributed by atoms with van der Waals surface area (Å²) in [5, 5.41) is 10.1. The predicted molar refractivity (Wildman–Crippen MR) is 79.8 cm³/mol. The largest absolute Gasteiger partial charge is 0.393 e. The van der Waals surface area contributed by atoms with Crippen molar-refractivity contribution in [3.63, 3.8) is 0 Å². The smallest absolute Gasteiger partial charge is 0.202 e. The molecule has 1 aromatic carbocycles. The normalized spacial score (nSPS) is 31.5. The van der Waals surface area contributed by atoms with E-state index in [1.807, 2.05) is 20.8 Å². The van der Waals surface area contributed by atoms with E-state index in [0.29, 0.717) is 16.2 Å². The summed E-state index contributed by atoms with van der Waals surface area (Å²) in [6, 6.07) is 8.51. The molecule has 0 saturated heterocycles. The lowest BCUT2D eigenvalue weighted by Gasteiger charge is -2.27. The standard InChI is InChI=1S/C16H22O3S/c1-11-12(2)15(17)9-10-16(13(11)3)20(18,19)14-7-5-4-6-8-14/h4-8,10-13,15,17H,9H2,1-3H3/t11-,12+,13-,15+/m0/s1. The molecule has 0 aromatic heterocycles. The third-order valence-corrected chi connectivity index (χ3v) is 6.65. The van der Waals surface area contributed by atoms with Crippen LogP contribution >= 0.6 is 0 Å². The predicted octanol–water partition coefficient (Wildman–Crippen LogP) is 3.02. The highest BCUT2D eigenvalue weighted by Crippen LogP contribution is 2.37. The van der Waals surface area contributed by atoms with E-state index in [-0.39, 0.29) is 17.8 Å². The van der Waals surface area contributed by atoms with Gasteiger partial charge in [-0.05, 0) is 36.3 Å². The lowest BCUT2D eigenvalue weighted by molar-refractivity contribution is 0.0839. The van der Waals surface area contributed by atoms with E-state index in [1.165, 1.54) is 0 Å². The summed E-state index contributed by atoms with van der Waals surface area (Å²) in [4.78, 5) is 0.772. The van der Waals surface area contributed by atoms with Crippen molar-refractivity contribution in [3.05, 3.63) is 41.3 Å². The second-order valence-electron chi connectivity index (χ2n) is 5.73. The maximum atomic E-state index is 12.8. The molecule has 0 fully saturated rings. The highest BCUT2D eigenvalue weighted by Gasteiger charge is 2.35. The van der Waals surface area contributed by atoms with E-state index < -0.39 is 15.9 Å². The van der Waals surface area contributed by atoms with Crippen molar-refractivity contribution in [2.24, 2.45) is 17.8 Å². The fourth-order valence-electron chi connectivity index (χ4n) is 2.79. The molecule has 0 amide bonds. The number of aliphatic hydroxyl groups is 1. The fourth-order valence-corrected chi connectivity index (χ4v) is 4.60. The molecule has 20 heavy (non-hydrogen) atoms. The van der Waals surface area contributed by atoms with Crippen molar-refractivity contribution >= 4 is 9.84 Å². The van der Waals surface area contributed by atoms with Crippen molar-refractivity contribution < 1.29 is 13.5 Å². The molecule has 1 aliphatic rings. The molecule has 3 nitrogen and oxygen atoms in total. The molecule has 0 saturated carbocycles. The summed E-state index contributed by atoms with van der Waals surface area (Å²) in [6.07, 6.45) is 1.63. The molecule has 110 valence electrons. The molecule has 4 heteroatoms. The first kappa shape index (κ1) is 15.3. The van der Waals surface area contributed by atoms with Crippen LogP contribution in [0.4, 0.5) is 0 Å². The second kappa shape index (κ2) is 5.70. The van der Waals surface area contributed by atoms with Gasteiger partial charge in [-0.15, -0.1) is 0 Å². The molecule has 0 aliphatic heterocycles. The highest BCUT2D eigenvalue weighted by atomic mass is 32.2. The number of hydrogen-bond acceptors (Lipinski definition) is 3. The minimum atomic E-state index is -3.46. The molecule has 2 rings (SSSR count). The second-order valence-corrected chi connectivity index (χ2v) is 7.68. The number of allylic oxidation sites excluding steroid dienone is 1. The van der Waals surface area contributed by atoms with Gasteiger partial charge in [-0.1, -0.05) is 45.0 Å². The van der Waals surface area contributed by atoms with Crippen LogP contribution in [-0.4, -0.2) is 19.6 Å². The van der Waals surface area contributed by atoms with Crippen molar-refractivity contribution in [2.45, 2.75) is 38.2 Å². The number of hydrogen-bond donors (Lipinski definition) is 1. The van der Waals surface area contributed by atoms with Crippen LogP contribution in [0.1, 0.15) is 27.2 Å². The number of sulfone groups is 1. The van der Waals surface area contributed by atoms with Gasteiger partial charge in [0.1, 0.15) is 0 Å². The first-order valence-corrected chi connectivity index (χ1v) is 8.52. The van der Waals surface area contributed by atoms with Gasteiger partial charge in [0, 0.05) is 4.91 Å². The van der Waals surface area contributed by atoms with Gasteiger partial charge in [0.05, 0.1) is 11.0 Å². The Hall–Kier alpha value is -1.13. The van der Waals surface area contributed by atoms with Gasteiger partial charge in [0.15, 0.2) is 0 Å². The lowest BCUT2D eigenvalue weighted by Crippen LogP contribution is -2.26. The van der Waals surface area contributed by atoms with E-state index in [4.69, 9.17) is 0 Å². The summed E-state index contributed by atoms with van der Waals surface area (Å²) in [5.74, 6) is 0.120. The molecular formula is C16H22O3S. The molecule has 0 radical (unpaired) electrons. The van der Waals surface area contributed by atoms with Crippen LogP contribution in [0.3, 0.4) is 0 Å². The topological polar surface area (TPSA) is 54.4 Å². The van der Waals surface area contributed by atoms with Crippen molar-refractivity contribution in [1.29, 1.82) is 0 Å². The number of benzene rings is 1. The Morgan fingerprint density at radius 1 is 1.05 bits per heavy atom. The van der Waals surface area contributed by atoms with E-state index in [0.717, 1.165) is 0 Å². The zero-order valence-corrected chi connectivity index (χ0v) is 13.0. The van der Waals surface area contributed by atoms with Gasteiger partial charge < -0.3 is 5.11 Å². The third kappa shape index (κ3) is 2.67. The highest BCUT2D eigenvalue weighted by molar-refractivity contribution is 7.95. The Labute approximate surface area is 121 Å². The maximum absolute atomic E-state index is 12.8. The molecule has 1 aromatic rings. The quantitative estimate of drug-likeness (QED) is 0.912. The average molecular weight is 294 g/mol. The lowest BCUT2D eigenvalue weighted by atomic mass is 9.83. The summed E-state index contributed by atoms with van der Waals surface area (Å²) in [5.41, 5.74) is 0. The first-order valence-electron chi connectivity index (χ1n) is 7.04. The molecule has 1 aliphatic carbocycles. The Bertz CT molecular complexity index is 589. The summed E-state index contributed by atoms with van der Waals surface area (Å²) in [6.45, 7) is 5.93. The Kier molecular flexibility index (Phi) is 4.35. The van der Waals surface area contributed by atoms with Gasteiger partial charge in [-0.2, -0.15) is 0 Å². The van der Waals surface area contributed by atoms with Crippen molar-refractivity contribution in [2.75, 3.05) is 0 Å². The molecule has 0 bridgehead atoms. The van der Waals surface area contributed by atoms with E-state index >= 15 is 0 Å². The summed E-state index contributed by atoms with van der Waals surface area (Å²) >= 11 is 0. The van der Waals surface area contributed by atoms with Crippen LogP contribution in [0.25, 0.3) is 0 Å². The van der Waals surface area contributed by atoms with Gasteiger partial charge >= 0.3 is 0 Å². The van der Waals surface area contributed by atoms with Crippen LogP contribution < -0.4 is 0 Å². The first-order chi connectivity index (χ1) is 9.35. The number of aliphatic hydroxyl groups excluding tert-OH is 1. The minimum absolute atomic E-state index is 0.0877. The van der Waals surface area contributed by atoms with Crippen molar-refractivity contribution in [1.82, 2.24) is 0 Å². The van der Waals surface area contributed by atoms with Crippen molar-refractivity contribution in [3.8, 4) is 0 Å². The minimum Gasteiger partial charge on any atom is -0.393 e. The fraction of sp³-hybridized carbons (Fsp3) is 0.500. The number of rotatable bonds is 2. The zero-order chi connectivity index (χ0) is 14.9. The van der Waals surface area contributed by atoms with E-state index in [1.54, 1.807) is 36.4 Å². The summed E-state index contributed by atoms with van der Waals surface area (Å²) in [7, 11) is -3.46. The monoisotopic (exact) mass is 294 g/mol. The molecule has 0 unspecified atom stereocenters. The Balaban J connectivity index is 2.46. The van der Waals surface area contributed by atoms with Gasteiger partial charge in [0.2, 0.25) is 9.84 Å². The van der Waals surface area contributed by atoms with E-state index in [9.17, 15) is 13.5 Å². The van der Waals surface area contributed by atoms with Gasteiger partial charge in [-0.25, -0.2) is 8.42 Å². The third-order valence-electron chi connectivity index (χ3n) is 4.60. The van der Waals surface area contributed by atoms with Crippen LogP contribution in [0.15, 0.2) is 46.2 Å². The van der Waals surface area contributed by atoms with Gasteiger partial charge in [-0.3, -0.25) is 0 Å². The SMILES string of the molecule is C[C@@H]1[C@H](C)[C@H](C)C(S(=O)(=O)c2ccccc2)=CC[C@H]1O.